The van der Waals surface area contributed by atoms with E-state index in [-0.39, 0.29) is 0 Å². The molecule has 0 bridgehead atoms. The third kappa shape index (κ3) is 5.02. The van der Waals surface area contributed by atoms with E-state index < -0.39 is 0 Å². The van der Waals surface area contributed by atoms with Gasteiger partial charge in [0.2, 0.25) is 11.8 Å². The predicted octanol–water partition coefficient (Wildman–Crippen LogP) is 6.68. The molecule has 3 rings (SSSR count). The summed E-state index contributed by atoms with van der Waals surface area (Å²) in [5.41, 5.74) is 3.25. The first-order valence-electron chi connectivity index (χ1n) is 8.95. The monoisotopic (exact) mass is 398 g/mol. The summed E-state index contributed by atoms with van der Waals surface area (Å²) < 4.78 is 6.85. The molecule has 0 saturated carbocycles. The van der Waals surface area contributed by atoms with Crippen LogP contribution >= 0.6 is 15.9 Å². The minimum Gasteiger partial charge on any atom is -0.416 e. The average molecular weight is 399 g/mol. The Hall–Kier alpha value is -1.94. The van der Waals surface area contributed by atoms with Crippen molar-refractivity contribution in [3.8, 4) is 22.9 Å². The van der Waals surface area contributed by atoms with Crippen LogP contribution in [0.5, 0.6) is 0 Å². The fraction of sp³-hybridized carbons (Fsp3) is 0.333. The zero-order chi connectivity index (χ0) is 17.5. The number of nitrogens with zero attached hydrogens (tertiary/aromatic N) is 2. The highest BCUT2D eigenvalue weighted by molar-refractivity contribution is 9.10. The van der Waals surface area contributed by atoms with Crippen molar-refractivity contribution < 1.29 is 4.42 Å². The van der Waals surface area contributed by atoms with Crippen LogP contribution in [0.3, 0.4) is 0 Å². The van der Waals surface area contributed by atoms with Crippen LogP contribution < -0.4 is 0 Å². The molecule has 3 aromatic rings. The van der Waals surface area contributed by atoms with Crippen LogP contribution in [-0.2, 0) is 6.42 Å². The summed E-state index contributed by atoms with van der Waals surface area (Å²) in [5.74, 6) is 1.11. The topological polar surface area (TPSA) is 38.9 Å². The van der Waals surface area contributed by atoms with Crippen molar-refractivity contribution in [3.63, 3.8) is 0 Å². The Labute approximate surface area is 157 Å². The van der Waals surface area contributed by atoms with Gasteiger partial charge in [0, 0.05) is 15.6 Å². The summed E-state index contributed by atoms with van der Waals surface area (Å²) in [7, 11) is 0. The molecule has 4 heteroatoms. The van der Waals surface area contributed by atoms with Crippen LogP contribution in [0.1, 0.15) is 44.6 Å². The molecule has 0 aliphatic heterocycles. The molecular formula is C21H23BrN2O. The largest absolute Gasteiger partial charge is 0.416 e. The first kappa shape index (κ1) is 17.9. The lowest BCUT2D eigenvalue weighted by Gasteiger charge is -2.02. The lowest BCUT2D eigenvalue weighted by atomic mass is 10.0. The molecule has 0 saturated heterocycles. The first-order valence-corrected chi connectivity index (χ1v) is 9.74. The van der Waals surface area contributed by atoms with E-state index in [2.05, 4.69) is 57.3 Å². The number of aryl methyl sites for hydroxylation is 1. The molecule has 2 aromatic carbocycles. The van der Waals surface area contributed by atoms with Crippen LogP contribution in [0.2, 0.25) is 0 Å². The van der Waals surface area contributed by atoms with Crippen LogP contribution in [-0.4, -0.2) is 10.2 Å². The van der Waals surface area contributed by atoms with E-state index in [0.29, 0.717) is 11.8 Å². The molecule has 1 aromatic heterocycles. The molecule has 0 N–H and O–H groups in total. The van der Waals surface area contributed by atoms with Gasteiger partial charge in [0.1, 0.15) is 0 Å². The van der Waals surface area contributed by atoms with E-state index in [0.717, 1.165) is 22.0 Å². The van der Waals surface area contributed by atoms with Gasteiger partial charge in [-0.25, -0.2) is 0 Å². The van der Waals surface area contributed by atoms with Crippen molar-refractivity contribution in [1.29, 1.82) is 0 Å². The third-order valence-electron chi connectivity index (χ3n) is 4.29. The second kappa shape index (κ2) is 8.95. The number of halogens is 1. The second-order valence-electron chi connectivity index (χ2n) is 6.28. The summed E-state index contributed by atoms with van der Waals surface area (Å²) in [6.45, 7) is 2.25. The minimum atomic E-state index is 0.544. The van der Waals surface area contributed by atoms with Gasteiger partial charge in [-0.05, 0) is 54.8 Å². The highest BCUT2D eigenvalue weighted by Crippen LogP contribution is 2.25. The highest BCUT2D eigenvalue weighted by Gasteiger charge is 2.10. The molecule has 0 aliphatic carbocycles. The molecule has 3 nitrogen and oxygen atoms in total. The zero-order valence-electron chi connectivity index (χ0n) is 14.5. The Kier molecular flexibility index (Phi) is 6.40. The van der Waals surface area contributed by atoms with Gasteiger partial charge in [0.05, 0.1) is 0 Å². The van der Waals surface area contributed by atoms with Crippen molar-refractivity contribution in [3.05, 3.63) is 58.6 Å². The number of rotatable bonds is 8. The van der Waals surface area contributed by atoms with Crippen LogP contribution in [0.25, 0.3) is 22.9 Å². The standard InChI is InChI=1S/C21H23BrN2O/c1-2-3-4-5-6-7-16-8-10-17(11-9-16)20-23-24-21(25-20)18-12-14-19(22)15-13-18/h8-15H,2-7H2,1H3. The van der Waals surface area contributed by atoms with E-state index in [1.807, 2.05) is 24.3 Å². The molecule has 0 radical (unpaired) electrons. The third-order valence-corrected chi connectivity index (χ3v) is 4.81. The van der Waals surface area contributed by atoms with Crippen molar-refractivity contribution in [2.45, 2.75) is 45.4 Å². The molecule has 0 atom stereocenters. The Balaban J connectivity index is 1.62. The summed E-state index contributed by atoms with van der Waals surface area (Å²) in [6.07, 6.45) is 7.69. The Morgan fingerprint density at radius 1 is 0.760 bits per heavy atom. The van der Waals surface area contributed by atoms with Crippen LogP contribution in [0.15, 0.2) is 57.4 Å². The van der Waals surface area contributed by atoms with E-state index in [9.17, 15) is 0 Å². The quantitative estimate of drug-likeness (QED) is 0.397. The van der Waals surface area contributed by atoms with Crippen molar-refractivity contribution in [2.75, 3.05) is 0 Å². The lowest BCUT2D eigenvalue weighted by Crippen LogP contribution is -1.87. The molecule has 130 valence electrons. The minimum absolute atomic E-state index is 0.544. The smallest absolute Gasteiger partial charge is 0.248 e. The molecule has 25 heavy (non-hydrogen) atoms. The fourth-order valence-corrected chi connectivity index (χ4v) is 3.06. The highest BCUT2D eigenvalue weighted by atomic mass is 79.9. The van der Waals surface area contributed by atoms with Gasteiger partial charge >= 0.3 is 0 Å². The Bertz CT molecular complexity index is 778. The van der Waals surface area contributed by atoms with Crippen LogP contribution in [0.4, 0.5) is 0 Å². The second-order valence-corrected chi connectivity index (χ2v) is 7.20. The molecule has 0 fully saturated rings. The van der Waals surface area contributed by atoms with E-state index in [1.54, 1.807) is 0 Å². The zero-order valence-corrected chi connectivity index (χ0v) is 16.1. The van der Waals surface area contributed by atoms with E-state index >= 15 is 0 Å². The van der Waals surface area contributed by atoms with Gasteiger partial charge < -0.3 is 4.42 Å². The first-order chi connectivity index (χ1) is 12.3. The van der Waals surface area contributed by atoms with Crippen molar-refractivity contribution >= 4 is 15.9 Å². The van der Waals surface area contributed by atoms with Gasteiger partial charge in [-0.15, -0.1) is 10.2 Å². The van der Waals surface area contributed by atoms with Gasteiger partial charge in [-0.3, -0.25) is 0 Å². The maximum atomic E-state index is 5.82. The molecule has 0 amide bonds. The molecule has 1 heterocycles. The normalized spacial score (nSPS) is 11.0. The number of hydrogen-bond donors (Lipinski definition) is 0. The van der Waals surface area contributed by atoms with Gasteiger partial charge in [0.15, 0.2) is 0 Å². The summed E-state index contributed by atoms with van der Waals surface area (Å²) in [4.78, 5) is 0. The van der Waals surface area contributed by atoms with Crippen LogP contribution in [0, 0.1) is 0 Å². The molecular weight excluding hydrogens is 376 g/mol. The fourth-order valence-electron chi connectivity index (χ4n) is 2.80. The lowest BCUT2D eigenvalue weighted by molar-refractivity contribution is 0.584. The van der Waals surface area contributed by atoms with Gasteiger partial charge in [0.25, 0.3) is 0 Å². The van der Waals surface area contributed by atoms with Crippen molar-refractivity contribution in [2.24, 2.45) is 0 Å². The van der Waals surface area contributed by atoms with E-state index in [4.69, 9.17) is 4.42 Å². The summed E-state index contributed by atoms with van der Waals surface area (Å²) in [6, 6.07) is 16.3. The molecule has 0 unspecified atom stereocenters. The predicted molar refractivity (Wildman–Crippen MR) is 105 cm³/mol. The molecule has 0 spiro atoms. The van der Waals surface area contributed by atoms with Crippen molar-refractivity contribution in [1.82, 2.24) is 10.2 Å². The van der Waals surface area contributed by atoms with Gasteiger partial charge in [-0.2, -0.15) is 0 Å². The maximum absolute atomic E-state index is 5.82. The molecule has 0 aliphatic rings. The number of hydrogen-bond acceptors (Lipinski definition) is 3. The maximum Gasteiger partial charge on any atom is 0.248 e. The SMILES string of the molecule is CCCCCCCc1ccc(-c2nnc(-c3ccc(Br)cc3)o2)cc1. The Morgan fingerprint density at radius 3 is 1.92 bits per heavy atom. The van der Waals surface area contributed by atoms with E-state index in [1.165, 1.54) is 37.7 Å². The van der Waals surface area contributed by atoms with Gasteiger partial charge in [-0.1, -0.05) is 60.7 Å². The average Bonchev–Trinajstić information content (AvgIpc) is 3.13. The number of unbranched alkanes of at least 4 members (excludes halogenated alkanes) is 4. The number of benzene rings is 2. The Morgan fingerprint density at radius 2 is 1.32 bits per heavy atom. The number of aromatic nitrogens is 2. The summed E-state index contributed by atoms with van der Waals surface area (Å²) >= 11 is 3.43. The summed E-state index contributed by atoms with van der Waals surface area (Å²) in [5, 5.41) is 8.34.